The van der Waals surface area contributed by atoms with E-state index in [1.807, 2.05) is 0 Å². The zero-order valence-corrected chi connectivity index (χ0v) is 14.7. The van der Waals surface area contributed by atoms with Gasteiger partial charge in [-0.05, 0) is 49.2 Å². The third-order valence-electron chi connectivity index (χ3n) is 3.83. The summed E-state index contributed by atoms with van der Waals surface area (Å²) in [4.78, 5) is 12.0. The summed E-state index contributed by atoms with van der Waals surface area (Å²) in [6.45, 7) is 3.46. The van der Waals surface area contributed by atoms with Crippen LogP contribution in [0.15, 0.2) is 48.5 Å². The van der Waals surface area contributed by atoms with Gasteiger partial charge < -0.3 is 4.74 Å². The van der Waals surface area contributed by atoms with E-state index in [0.717, 1.165) is 11.1 Å². The molecular formula is C18H20F2NO2P. The van der Waals surface area contributed by atoms with Gasteiger partial charge in [-0.15, -0.1) is 0 Å². The number of esters is 1. The van der Waals surface area contributed by atoms with E-state index in [1.54, 1.807) is 38.1 Å². The van der Waals surface area contributed by atoms with E-state index in [4.69, 9.17) is 4.74 Å². The number of ether oxygens (including phenoxy) is 1. The first-order valence-electron chi connectivity index (χ1n) is 7.60. The third-order valence-corrected chi connectivity index (χ3v) is 4.33. The van der Waals surface area contributed by atoms with E-state index >= 15 is 0 Å². The van der Waals surface area contributed by atoms with Crippen molar-refractivity contribution in [3.05, 3.63) is 71.3 Å². The lowest BCUT2D eigenvalue weighted by Crippen LogP contribution is -2.33. The van der Waals surface area contributed by atoms with E-state index in [9.17, 15) is 13.6 Å². The minimum absolute atomic E-state index is 0.327. The van der Waals surface area contributed by atoms with E-state index in [2.05, 4.69) is 14.5 Å². The molecule has 24 heavy (non-hydrogen) atoms. The summed E-state index contributed by atoms with van der Waals surface area (Å²) in [7, 11) is 2.27. The number of hydrogen-bond acceptors (Lipinski definition) is 3. The highest BCUT2D eigenvalue weighted by atomic mass is 31.0. The SMILES string of the molecule is CC(NP)C(=O)O[C@@H](C)C(c1ccc(F)cc1)c1ccc(F)cc1. The maximum atomic E-state index is 13.2. The topological polar surface area (TPSA) is 38.3 Å². The van der Waals surface area contributed by atoms with Crippen LogP contribution >= 0.6 is 9.39 Å². The molecule has 3 nitrogen and oxygen atoms in total. The molecule has 0 radical (unpaired) electrons. The summed E-state index contributed by atoms with van der Waals surface area (Å²) in [6, 6.07) is 11.5. The Labute approximate surface area is 142 Å². The van der Waals surface area contributed by atoms with Crippen LogP contribution in [0.1, 0.15) is 30.9 Å². The molecule has 2 aromatic rings. The van der Waals surface area contributed by atoms with Crippen LogP contribution in [-0.2, 0) is 9.53 Å². The van der Waals surface area contributed by atoms with E-state index in [1.165, 1.54) is 24.3 Å². The smallest absolute Gasteiger partial charge is 0.323 e. The van der Waals surface area contributed by atoms with Crippen molar-refractivity contribution in [3.63, 3.8) is 0 Å². The summed E-state index contributed by atoms with van der Waals surface area (Å²) in [5.74, 6) is -1.41. The Kier molecular flexibility index (Phi) is 6.41. The second-order valence-corrected chi connectivity index (χ2v) is 5.94. The third kappa shape index (κ3) is 4.59. The standard InChI is InChI=1S/C18H20F2NO2P/c1-11(21-24)18(22)23-12(2)17(13-3-7-15(19)8-4-13)14-5-9-16(20)10-6-14/h3-12,17,21H,24H2,1-2H3/t11?,12-/m0/s1. The van der Waals surface area contributed by atoms with Crippen LogP contribution in [0.3, 0.4) is 0 Å². The molecule has 0 bridgehead atoms. The maximum Gasteiger partial charge on any atom is 0.323 e. The number of hydrogen-bond donors (Lipinski definition) is 1. The molecule has 2 aromatic carbocycles. The Bertz CT molecular complexity index is 631. The molecule has 3 atom stereocenters. The molecule has 0 heterocycles. The Morgan fingerprint density at radius 2 is 1.38 bits per heavy atom. The summed E-state index contributed by atoms with van der Waals surface area (Å²) in [5.41, 5.74) is 1.57. The fraction of sp³-hybridized carbons (Fsp3) is 0.278. The van der Waals surface area contributed by atoms with Gasteiger partial charge >= 0.3 is 5.97 Å². The fourth-order valence-corrected chi connectivity index (χ4v) is 2.63. The van der Waals surface area contributed by atoms with Gasteiger partial charge in [0.25, 0.3) is 0 Å². The van der Waals surface area contributed by atoms with E-state index in [-0.39, 0.29) is 17.6 Å². The Hall–Kier alpha value is -1.84. The fourth-order valence-electron chi connectivity index (χ4n) is 2.50. The van der Waals surface area contributed by atoms with Crippen LogP contribution in [0, 0.1) is 11.6 Å². The second kappa shape index (κ2) is 8.32. The van der Waals surface area contributed by atoms with E-state index < -0.39 is 18.1 Å². The first-order valence-corrected chi connectivity index (χ1v) is 8.17. The first kappa shape index (κ1) is 18.5. The number of carbonyl (C=O) groups excluding carboxylic acids is 1. The summed E-state index contributed by atoms with van der Waals surface area (Å²) >= 11 is 0. The van der Waals surface area contributed by atoms with Crippen LogP contribution in [0.25, 0.3) is 0 Å². The van der Waals surface area contributed by atoms with Crippen molar-refractivity contribution < 1.29 is 18.3 Å². The van der Waals surface area contributed by atoms with Gasteiger partial charge in [-0.25, -0.2) is 8.78 Å². The molecule has 0 aromatic heterocycles. The van der Waals surface area contributed by atoms with Crippen molar-refractivity contribution in [1.29, 1.82) is 0 Å². The predicted molar refractivity (Wildman–Crippen MR) is 92.5 cm³/mol. The molecule has 2 rings (SSSR count). The molecule has 0 aliphatic carbocycles. The second-order valence-electron chi connectivity index (χ2n) is 5.61. The van der Waals surface area contributed by atoms with Crippen LogP contribution in [0.4, 0.5) is 8.78 Å². The average Bonchev–Trinajstić information content (AvgIpc) is 2.57. The van der Waals surface area contributed by atoms with Gasteiger partial charge in [0.05, 0.1) is 0 Å². The highest BCUT2D eigenvalue weighted by molar-refractivity contribution is 7.13. The first-order chi connectivity index (χ1) is 11.4. The normalized spacial score (nSPS) is 13.6. The van der Waals surface area contributed by atoms with Crippen LogP contribution < -0.4 is 5.09 Å². The maximum absolute atomic E-state index is 13.2. The Balaban J connectivity index is 2.33. The summed E-state index contributed by atoms with van der Waals surface area (Å²) < 4.78 is 32.0. The largest absolute Gasteiger partial charge is 0.460 e. The molecule has 0 saturated carbocycles. The van der Waals surface area contributed by atoms with Crippen LogP contribution in [-0.4, -0.2) is 18.1 Å². The lowest BCUT2D eigenvalue weighted by molar-refractivity contribution is -0.150. The number of carbonyl (C=O) groups is 1. The van der Waals surface area contributed by atoms with Gasteiger partial charge in [-0.1, -0.05) is 33.7 Å². The van der Waals surface area contributed by atoms with Gasteiger partial charge in [0.1, 0.15) is 23.8 Å². The lowest BCUT2D eigenvalue weighted by Gasteiger charge is -2.26. The molecule has 0 aliphatic rings. The van der Waals surface area contributed by atoms with Gasteiger partial charge in [-0.3, -0.25) is 9.88 Å². The van der Waals surface area contributed by atoms with Gasteiger partial charge in [0.15, 0.2) is 0 Å². The summed E-state index contributed by atoms with van der Waals surface area (Å²) in [6.07, 6.45) is -0.505. The van der Waals surface area contributed by atoms with Crippen molar-refractivity contribution >= 4 is 15.4 Å². The van der Waals surface area contributed by atoms with Gasteiger partial charge in [0, 0.05) is 5.92 Å². The van der Waals surface area contributed by atoms with Crippen molar-refractivity contribution in [1.82, 2.24) is 5.09 Å². The number of benzene rings is 2. The molecule has 2 unspecified atom stereocenters. The quantitative estimate of drug-likeness (QED) is 0.636. The molecule has 0 fully saturated rings. The minimum atomic E-state index is -0.505. The highest BCUT2D eigenvalue weighted by Gasteiger charge is 2.26. The van der Waals surface area contributed by atoms with Gasteiger partial charge in [0.2, 0.25) is 0 Å². The molecular weight excluding hydrogens is 331 g/mol. The van der Waals surface area contributed by atoms with Crippen molar-refractivity contribution in [3.8, 4) is 0 Å². The van der Waals surface area contributed by atoms with Gasteiger partial charge in [-0.2, -0.15) is 0 Å². The molecule has 0 saturated heterocycles. The zero-order chi connectivity index (χ0) is 17.7. The monoisotopic (exact) mass is 351 g/mol. The minimum Gasteiger partial charge on any atom is -0.460 e. The number of halogens is 2. The van der Waals surface area contributed by atoms with Crippen LogP contribution in [0.2, 0.25) is 0 Å². The average molecular weight is 351 g/mol. The molecule has 0 aliphatic heterocycles. The van der Waals surface area contributed by atoms with Crippen LogP contribution in [0.5, 0.6) is 0 Å². The zero-order valence-electron chi connectivity index (χ0n) is 13.5. The predicted octanol–water partition coefficient (Wildman–Crippen LogP) is 3.80. The molecule has 128 valence electrons. The molecule has 0 amide bonds. The lowest BCUT2D eigenvalue weighted by atomic mass is 9.87. The summed E-state index contributed by atoms with van der Waals surface area (Å²) in [5, 5.41) is 2.75. The number of rotatable bonds is 6. The molecule has 6 heteroatoms. The molecule has 1 N–H and O–H groups in total. The van der Waals surface area contributed by atoms with Crippen molar-refractivity contribution in [2.75, 3.05) is 0 Å². The van der Waals surface area contributed by atoms with E-state index in [0.29, 0.717) is 0 Å². The Morgan fingerprint density at radius 1 is 0.958 bits per heavy atom. The highest BCUT2D eigenvalue weighted by Crippen LogP contribution is 2.30. The van der Waals surface area contributed by atoms with Crippen molar-refractivity contribution in [2.45, 2.75) is 31.9 Å². The molecule has 0 spiro atoms. The number of nitrogens with one attached hydrogen (secondary N) is 1. The van der Waals surface area contributed by atoms with Crippen molar-refractivity contribution in [2.24, 2.45) is 0 Å². The Morgan fingerprint density at radius 3 is 1.75 bits per heavy atom.